The zero-order valence-electron chi connectivity index (χ0n) is 24.3. The maximum Gasteiger partial charge on any atom is 0.421 e. The lowest BCUT2D eigenvalue weighted by Gasteiger charge is -2.45. The highest BCUT2D eigenvalue weighted by Crippen LogP contribution is 2.62. The summed E-state index contributed by atoms with van der Waals surface area (Å²) < 4.78 is 27.7. The van der Waals surface area contributed by atoms with E-state index in [2.05, 4.69) is 4.57 Å². The van der Waals surface area contributed by atoms with Crippen LogP contribution in [-0.2, 0) is 37.9 Å². The van der Waals surface area contributed by atoms with E-state index in [0.717, 1.165) is 21.5 Å². The molecule has 8 heteroatoms. The molecule has 1 spiro atoms. The number of amides is 2. The highest BCUT2D eigenvalue weighted by Gasteiger charge is 2.67. The van der Waals surface area contributed by atoms with Crippen LogP contribution in [0, 0.1) is 5.82 Å². The van der Waals surface area contributed by atoms with Crippen LogP contribution in [0.15, 0.2) is 72.8 Å². The van der Waals surface area contributed by atoms with E-state index >= 15 is 4.79 Å². The van der Waals surface area contributed by atoms with Gasteiger partial charge in [-0.2, -0.15) is 0 Å². The smallest absolute Gasteiger partial charge is 0.421 e. The van der Waals surface area contributed by atoms with Crippen LogP contribution in [0.25, 0.3) is 10.9 Å². The molecule has 7 nitrogen and oxygen atoms in total. The number of hydrogen-bond donors (Lipinski definition) is 0. The van der Waals surface area contributed by atoms with Gasteiger partial charge in [0.25, 0.3) is 0 Å². The molecule has 0 saturated heterocycles. The van der Waals surface area contributed by atoms with E-state index in [-0.39, 0.29) is 6.61 Å². The van der Waals surface area contributed by atoms with Gasteiger partial charge in [-0.05, 0) is 75.1 Å². The minimum atomic E-state index is -1.57. The highest BCUT2D eigenvalue weighted by molar-refractivity contribution is 6.23. The summed E-state index contributed by atoms with van der Waals surface area (Å²) >= 11 is 0. The summed E-state index contributed by atoms with van der Waals surface area (Å²) in [7, 11) is 1.94. The summed E-state index contributed by atoms with van der Waals surface area (Å²) in [5, 5.41) is 0.839. The Morgan fingerprint density at radius 1 is 1.00 bits per heavy atom. The molecule has 0 unspecified atom stereocenters. The van der Waals surface area contributed by atoms with E-state index in [0.29, 0.717) is 28.8 Å². The number of benzene rings is 3. The summed E-state index contributed by atoms with van der Waals surface area (Å²) in [6.45, 7) is 7.04. The first kappa shape index (κ1) is 27.7. The van der Waals surface area contributed by atoms with Crippen molar-refractivity contribution in [2.75, 3.05) is 11.5 Å². The largest absolute Gasteiger partial charge is 0.465 e. The van der Waals surface area contributed by atoms with Crippen LogP contribution in [-0.4, -0.2) is 34.7 Å². The van der Waals surface area contributed by atoms with Gasteiger partial charge in [-0.1, -0.05) is 48.5 Å². The van der Waals surface area contributed by atoms with E-state index in [9.17, 15) is 14.0 Å². The van der Waals surface area contributed by atoms with E-state index < -0.39 is 46.6 Å². The van der Waals surface area contributed by atoms with E-state index in [1.165, 1.54) is 12.1 Å². The topological polar surface area (TPSA) is 77.8 Å². The molecule has 1 aliphatic carbocycles. The quantitative estimate of drug-likeness (QED) is 0.263. The van der Waals surface area contributed by atoms with Crippen molar-refractivity contribution in [2.24, 2.45) is 7.05 Å². The molecule has 2 aliphatic rings. The molecule has 2 amide bonds. The van der Waals surface area contributed by atoms with Crippen molar-refractivity contribution in [3.8, 4) is 0 Å². The predicted molar refractivity (Wildman–Crippen MR) is 157 cm³/mol. The lowest BCUT2D eigenvalue weighted by molar-refractivity contribution is -0.150. The number of aromatic nitrogens is 1. The van der Waals surface area contributed by atoms with Crippen LogP contribution < -0.4 is 4.90 Å². The van der Waals surface area contributed by atoms with Crippen molar-refractivity contribution in [1.29, 1.82) is 0 Å². The molecule has 1 aromatic heterocycles. The number of aryl methyl sites for hydroxylation is 1. The minimum absolute atomic E-state index is 0.109. The number of esters is 1. The van der Waals surface area contributed by atoms with Gasteiger partial charge in [0.05, 0.1) is 12.3 Å². The Labute approximate surface area is 243 Å². The van der Waals surface area contributed by atoms with Gasteiger partial charge in [-0.25, -0.2) is 14.1 Å². The highest BCUT2D eigenvalue weighted by atomic mass is 19.1. The van der Waals surface area contributed by atoms with E-state index in [1.54, 1.807) is 64.1 Å². The second-order valence-corrected chi connectivity index (χ2v) is 11.9. The van der Waals surface area contributed by atoms with Crippen molar-refractivity contribution in [3.63, 3.8) is 0 Å². The number of anilines is 1. The molecule has 6 rings (SSSR count). The molecule has 0 bridgehead atoms. The number of carbonyl (C=O) groups excluding carboxylic acids is 3. The summed E-state index contributed by atoms with van der Waals surface area (Å²) in [5.41, 5.74) is 1.64. The normalized spacial score (nSPS) is 21.4. The number of nitrogens with zero attached hydrogens (tertiary/aromatic N) is 2. The number of fused-ring (bicyclic) bond motifs is 5. The first-order valence-electron chi connectivity index (χ1n) is 14.2. The molecule has 0 radical (unpaired) electrons. The maximum atomic E-state index is 15.1. The van der Waals surface area contributed by atoms with Crippen molar-refractivity contribution in [1.82, 2.24) is 4.57 Å². The SMILES string of the molecule is CCOC(=O)[C@@H]1c2c(n(C)c3ccccc23)C[C@@H](c2ccc(F)cc2)[C@@]12C(=O)N(C(=O)OC(C)(C)C)c1ccccc12. The number of imide groups is 1. The van der Waals surface area contributed by atoms with Gasteiger partial charge in [-0.3, -0.25) is 9.59 Å². The molecule has 3 aromatic carbocycles. The Bertz CT molecular complexity index is 1740. The van der Waals surface area contributed by atoms with Crippen molar-refractivity contribution in [2.45, 2.75) is 57.0 Å². The average Bonchev–Trinajstić information content (AvgIpc) is 3.37. The number of halogens is 1. The van der Waals surface area contributed by atoms with Crippen LogP contribution in [0.5, 0.6) is 0 Å². The third kappa shape index (κ3) is 3.95. The number of para-hydroxylation sites is 2. The monoisotopic (exact) mass is 568 g/mol. The summed E-state index contributed by atoms with van der Waals surface area (Å²) in [5.74, 6) is -3.27. The Morgan fingerprint density at radius 3 is 2.36 bits per heavy atom. The van der Waals surface area contributed by atoms with Gasteiger partial charge in [0.15, 0.2) is 0 Å². The van der Waals surface area contributed by atoms with Gasteiger partial charge >= 0.3 is 12.1 Å². The van der Waals surface area contributed by atoms with Gasteiger partial charge in [0.2, 0.25) is 5.91 Å². The van der Waals surface area contributed by atoms with Crippen molar-refractivity contribution in [3.05, 3.63) is 101 Å². The van der Waals surface area contributed by atoms with Gasteiger partial charge in [0.1, 0.15) is 22.8 Å². The number of carbonyl (C=O) groups is 3. The summed E-state index contributed by atoms with van der Waals surface area (Å²) in [6.07, 6.45) is -0.453. The van der Waals surface area contributed by atoms with Crippen LogP contribution in [0.2, 0.25) is 0 Å². The van der Waals surface area contributed by atoms with Crippen molar-refractivity contribution < 1.29 is 28.2 Å². The molecule has 3 atom stereocenters. The van der Waals surface area contributed by atoms with Crippen LogP contribution in [0.3, 0.4) is 0 Å². The number of ether oxygens (including phenoxy) is 2. The Hall–Kier alpha value is -4.46. The maximum absolute atomic E-state index is 15.1. The molecule has 0 N–H and O–H groups in total. The van der Waals surface area contributed by atoms with Crippen LogP contribution >= 0.6 is 0 Å². The van der Waals surface area contributed by atoms with E-state index in [4.69, 9.17) is 9.47 Å². The zero-order chi connectivity index (χ0) is 30.0. The Kier molecular flexibility index (Phi) is 6.48. The lowest BCUT2D eigenvalue weighted by Crippen LogP contribution is -2.55. The van der Waals surface area contributed by atoms with Gasteiger partial charge in [-0.15, -0.1) is 0 Å². The minimum Gasteiger partial charge on any atom is -0.465 e. The molecule has 1 aliphatic heterocycles. The second-order valence-electron chi connectivity index (χ2n) is 11.9. The first-order chi connectivity index (χ1) is 20.0. The van der Waals surface area contributed by atoms with Crippen molar-refractivity contribution >= 4 is 34.6 Å². The third-order valence-electron chi connectivity index (χ3n) is 8.48. The van der Waals surface area contributed by atoms with Crippen LogP contribution in [0.1, 0.15) is 61.9 Å². The molecule has 2 heterocycles. The fourth-order valence-electron chi connectivity index (χ4n) is 6.97. The first-order valence-corrected chi connectivity index (χ1v) is 14.2. The average molecular weight is 569 g/mol. The van der Waals surface area contributed by atoms with Crippen LogP contribution in [0.4, 0.5) is 14.9 Å². The second kappa shape index (κ2) is 9.82. The van der Waals surface area contributed by atoms with Gasteiger partial charge in [0, 0.05) is 29.6 Å². The fraction of sp³-hybridized carbons (Fsp3) is 0.324. The molecule has 0 fully saturated rings. The number of rotatable bonds is 3. The number of hydrogen-bond acceptors (Lipinski definition) is 5. The third-order valence-corrected chi connectivity index (χ3v) is 8.48. The summed E-state index contributed by atoms with van der Waals surface area (Å²) in [6, 6.07) is 20.8. The van der Waals surface area contributed by atoms with Gasteiger partial charge < -0.3 is 14.0 Å². The van der Waals surface area contributed by atoms with E-state index in [1.807, 2.05) is 31.3 Å². The molecular formula is C34H33FN2O5. The molecule has 216 valence electrons. The molecule has 0 saturated carbocycles. The summed E-state index contributed by atoms with van der Waals surface area (Å²) in [4.78, 5) is 44.2. The lowest BCUT2D eigenvalue weighted by atomic mass is 9.54. The standard InChI is InChI=1S/C34H33FN2O5/c1-6-41-30(38)29-28-22-11-7-9-13-25(22)36(5)27(28)19-24(20-15-17-21(35)18-16-20)34(29)23-12-8-10-14-26(23)37(31(34)39)32(40)42-33(2,3)4/h7-18,24,29H,6,19H2,1-5H3/t24-,29-,34+/m0/s1. The Balaban J connectivity index is 1.72. The molecule has 42 heavy (non-hydrogen) atoms. The fourth-order valence-corrected chi connectivity index (χ4v) is 6.97. The molecule has 4 aromatic rings. The Morgan fingerprint density at radius 2 is 1.67 bits per heavy atom. The predicted octanol–water partition coefficient (Wildman–Crippen LogP) is 6.52. The zero-order valence-corrected chi connectivity index (χ0v) is 24.3. The molecular weight excluding hydrogens is 535 g/mol.